The van der Waals surface area contributed by atoms with Gasteiger partial charge < -0.3 is 15.4 Å². The summed E-state index contributed by atoms with van der Waals surface area (Å²) in [6, 6.07) is 6.27. The summed E-state index contributed by atoms with van der Waals surface area (Å²) in [4.78, 5) is 14.1. The molecule has 5 heteroatoms. The number of nitrogens with zero attached hydrogens (tertiary/aromatic N) is 1. The molecule has 0 aromatic heterocycles. The first-order valence-corrected chi connectivity index (χ1v) is 8.03. The van der Waals surface area contributed by atoms with E-state index in [0.717, 1.165) is 38.5 Å². The van der Waals surface area contributed by atoms with Gasteiger partial charge in [0.1, 0.15) is 0 Å². The molecular formula is C17H27N3O2. The molecule has 2 N–H and O–H groups in total. The number of carbonyl (C=O) groups excluding carboxylic acids is 1. The first-order valence-electron chi connectivity index (χ1n) is 8.03. The van der Waals surface area contributed by atoms with Crippen LogP contribution in [0.1, 0.15) is 17.5 Å². The second-order valence-corrected chi connectivity index (χ2v) is 5.78. The molecule has 0 bridgehead atoms. The smallest absolute Gasteiger partial charge is 0.221 e. The Morgan fingerprint density at radius 3 is 2.68 bits per heavy atom. The Morgan fingerprint density at radius 1 is 1.18 bits per heavy atom. The summed E-state index contributed by atoms with van der Waals surface area (Å²) in [5.74, 6) is 0.101. The van der Waals surface area contributed by atoms with Crippen molar-refractivity contribution in [2.45, 2.75) is 20.3 Å². The molecule has 0 radical (unpaired) electrons. The summed E-state index contributed by atoms with van der Waals surface area (Å²) in [6.45, 7) is 9.99. The molecule has 0 atom stereocenters. The molecule has 1 aromatic carbocycles. The molecule has 122 valence electrons. The number of anilines is 1. The molecule has 1 amide bonds. The zero-order valence-corrected chi connectivity index (χ0v) is 13.7. The maximum absolute atomic E-state index is 11.8. The first kappa shape index (κ1) is 16.8. The van der Waals surface area contributed by atoms with E-state index in [9.17, 15) is 4.79 Å². The fraction of sp³-hybridized carbons (Fsp3) is 0.588. The van der Waals surface area contributed by atoms with Crippen LogP contribution in [0.3, 0.4) is 0 Å². The second-order valence-electron chi connectivity index (χ2n) is 5.78. The third kappa shape index (κ3) is 5.66. The molecule has 22 heavy (non-hydrogen) atoms. The van der Waals surface area contributed by atoms with Gasteiger partial charge >= 0.3 is 0 Å². The highest BCUT2D eigenvalue weighted by Gasteiger charge is 2.10. The van der Waals surface area contributed by atoms with Crippen molar-refractivity contribution in [2.24, 2.45) is 0 Å². The van der Waals surface area contributed by atoms with Crippen molar-refractivity contribution < 1.29 is 9.53 Å². The zero-order valence-electron chi connectivity index (χ0n) is 13.7. The lowest BCUT2D eigenvalue weighted by Gasteiger charge is -2.26. The predicted octanol–water partition coefficient (Wildman–Crippen LogP) is 1.55. The van der Waals surface area contributed by atoms with Gasteiger partial charge in [-0.05, 0) is 37.1 Å². The van der Waals surface area contributed by atoms with Gasteiger partial charge in [-0.2, -0.15) is 0 Å². The third-order valence-electron chi connectivity index (χ3n) is 4.04. The number of rotatable bonds is 7. The lowest BCUT2D eigenvalue weighted by Crippen LogP contribution is -2.41. The van der Waals surface area contributed by atoms with Crippen LogP contribution in [0.2, 0.25) is 0 Å². The molecular weight excluding hydrogens is 278 g/mol. The Balaban J connectivity index is 1.58. The van der Waals surface area contributed by atoms with E-state index in [-0.39, 0.29) is 5.91 Å². The Labute approximate surface area is 133 Å². The molecule has 0 unspecified atom stereocenters. The number of carbonyl (C=O) groups is 1. The van der Waals surface area contributed by atoms with Crippen LogP contribution < -0.4 is 10.6 Å². The minimum absolute atomic E-state index is 0.101. The van der Waals surface area contributed by atoms with E-state index in [1.54, 1.807) is 0 Å². The van der Waals surface area contributed by atoms with Crippen LogP contribution in [0.25, 0.3) is 0 Å². The van der Waals surface area contributed by atoms with Gasteiger partial charge in [-0.3, -0.25) is 9.69 Å². The number of amides is 1. The number of benzene rings is 1. The van der Waals surface area contributed by atoms with Crippen LogP contribution in [-0.4, -0.2) is 56.7 Å². The van der Waals surface area contributed by atoms with Crippen molar-refractivity contribution in [2.75, 3.05) is 51.3 Å². The zero-order chi connectivity index (χ0) is 15.8. The topological polar surface area (TPSA) is 53.6 Å². The number of ether oxygens (including phenoxy) is 1. The third-order valence-corrected chi connectivity index (χ3v) is 4.04. The molecule has 1 saturated heterocycles. The molecule has 1 aromatic rings. The molecule has 1 heterocycles. The van der Waals surface area contributed by atoms with Crippen LogP contribution >= 0.6 is 0 Å². The fourth-order valence-electron chi connectivity index (χ4n) is 2.44. The number of hydrogen-bond acceptors (Lipinski definition) is 4. The number of aryl methyl sites for hydroxylation is 2. The van der Waals surface area contributed by atoms with E-state index >= 15 is 0 Å². The molecule has 0 spiro atoms. The van der Waals surface area contributed by atoms with E-state index < -0.39 is 0 Å². The van der Waals surface area contributed by atoms with Crippen LogP contribution in [0.15, 0.2) is 18.2 Å². The molecule has 1 aliphatic heterocycles. The molecule has 0 aliphatic carbocycles. The Hall–Kier alpha value is -1.59. The van der Waals surface area contributed by atoms with Crippen molar-refractivity contribution >= 4 is 11.6 Å². The van der Waals surface area contributed by atoms with Gasteiger partial charge in [-0.15, -0.1) is 0 Å². The molecule has 1 aliphatic rings. The summed E-state index contributed by atoms with van der Waals surface area (Å²) >= 11 is 0. The summed E-state index contributed by atoms with van der Waals surface area (Å²) < 4.78 is 5.30. The molecule has 0 saturated carbocycles. The summed E-state index contributed by atoms with van der Waals surface area (Å²) in [6.07, 6.45) is 0.496. The standard InChI is InChI=1S/C17H27N3O2/c1-14-3-4-16(13-15(14)2)18-6-5-17(21)19-7-8-20-9-11-22-12-10-20/h3-4,13,18H,5-12H2,1-2H3,(H,19,21). The Kier molecular flexibility index (Phi) is 6.68. The van der Waals surface area contributed by atoms with Crippen molar-refractivity contribution in [3.8, 4) is 0 Å². The predicted molar refractivity (Wildman–Crippen MR) is 89.3 cm³/mol. The van der Waals surface area contributed by atoms with Gasteiger partial charge in [-0.1, -0.05) is 6.07 Å². The summed E-state index contributed by atoms with van der Waals surface area (Å²) in [7, 11) is 0. The SMILES string of the molecule is Cc1ccc(NCCC(=O)NCCN2CCOCC2)cc1C. The molecule has 2 rings (SSSR count). The van der Waals surface area contributed by atoms with Crippen LogP contribution in [0, 0.1) is 13.8 Å². The monoisotopic (exact) mass is 305 g/mol. The quantitative estimate of drug-likeness (QED) is 0.802. The highest BCUT2D eigenvalue weighted by Crippen LogP contribution is 2.13. The minimum Gasteiger partial charge on any atom is -0.385 e. The average molecular weight is 305 g/mol. The van der Waals surface area contributed by atoms with E-state index in [1.807, 2.05) is 0 Å². The lowest BCUT2D eigenvalue weighted by atomic mass is 10.1. The average Bonchev–Trinajstić information content (AvgIpc) is 2.52. The minimum atomic E-state index is 0.101. The highest BCUT2D eigenvalue weighted by molar-refractivity contribution is 5.76. The van der Waals surface area contributed by atoms with Gasteiger partial charge in [0.05, 0.1) is 13.2 Å². The van der Waals surface area contributed by atoms with Gasteiger partial charge in [0.25, 0.3) is 0 Å². The van der Waals surface area contributed by atoms with Gasteiger partial charge in [0.2, 0.25) is 5.91 Å². The van der Waals surface area contributed by atoms with Crippen molar-refractivity contribution in [1.82, 2.24) is 10.2 Å². The summed E-state index contributed by atoms with van der Waals surface area (Å²) in [5, 5.41) is 6.27. The van der Waals surface area contributed by atoms with Gasteiger partial charge in [-0.25, -0.2) is 0 Å². The molecule has 1 fully saturated rings. The largest absolute Gasteiger partial charge is 0.385 e. The van der Waals surface area contributed by atoms with Crippen molar-refractivity contribution in [3.63, 3.8) is 0 Å². The highest BCUT2D eigenvalue weighted by atomic mass is 16.5. The van der Waals surface area contributed by atoms with Crippen molar-refractivity contribution in [3.05, 3.63) is 29.3 Å². The lowest BCUT2D eigenvalue weighted by molar-refractivity contribution is -0.120. The van der Waals surface area contributed by atoms with Crippen LogP contribution in [0.4, 0.5) is 5.69 Å². The van der Waals surface area contributed by atoms with Crippen LogP contribution in [-0.2, 0) is 9.53 Å². The van der Waals surface area contributed by atoms with Crippen molar-refractivity contribution in [1.29, 1.82) is 0 Å². The van der Waals surface area contributed by atoms with E-state index in [2.05, 4.69) is 47.6 Å². The Bertz CT molecular complexity index is 485. The number of morpholine rings is 1. The Morgan fingerprint density at radius 2 is 1.95 bits per heavy atom. The second kappa shape index (κ2) is 8.76. The first-order chi connectivity index (χ1) is 10.6. The normalized spacial score (nSPS) is 15.5. The van der Waals surface area contributed by atoms with Gasteiger partial charge in [0, 0.05) is 44.8 Å². The van der Waals surface area contributed by atoms with Crippen LogP contribution in [0.5, 0.6) is 0 Å². The number of nitrogens with one attached hydrogen (secondary N) is 2. The number of hydrogen-bond donors (Lipinski definition) is 2. The maximum Gasteiger partial charge on any atom is 0.221 e. The van der Waals surface area contributed by atoms with Gasteiger partial charge in [0.15, 0.2) is 0 Å². The van der Waals surface area contributed by atoms with E-state index in [0.29, 0.717) is 19.5 Å². The fourth-order valence-corrected chi connectivity index (χ4v) is 2.44. The molecule has 5 nitrogen and oxygen atoms in total. The summed E-state index contributed by atoms with van der Waals surface area (Å²) in [5.41, 5.74) is 3.62. The van der Waals surface area contributed by atoms with E-state index in [1.165, 1.54) is 11.1 Å². The maximum atomic E-state index is 11.8. The van der Waals surface area contributed by atoms with E-state index in [4.69, 9.17) is 4.74 Å².